The minimum absolute atomic E-state index is 0.0363. The average molecular weight is 727 g/mol. The van der Waals surface area contributed by atoms with Gasteiger partial charge < -0.3 is 29.3 Å². The number of anilines is 1. The number of fused-ring (bicyclic) bond motifs is 1. The number of methoxy groups -OCH3 is 3. The van der Waals surface area contributed by atoms with E-state index in [9.17, 15) is 23.4 Å². The number of rotatable bonds is 10. The quantitative estimate of drug-likeness (QED) is 0.317. The molecule has 274 valence electrons. The van der Waals surface area contributed by atoms with E-state index in [1.165, 1.54) is 55.4 Å². The maximum absolute atomic E-state index is 15.6. The van der Waals surface area contributed by atoms with Gasteiger partial charge in [0.1, 0.15) is 28.0 Å². The number of aliphatic hydroxyl groups excluding tert-OH is 2. The summed E-state index contributed by atoms with van der Waals surface area (Å²) in [6, 6.07) is 11.6. The Labute approximate surface area is 296 Å². The lowest BCUT2D eigenvalue weighted by Crippen LogP contribution is -2.59. The van der Waals surface area contributed by atoms with E-state index in [2.05, 4.69) is 4.90 Å². The maximum atomic E-state index is 15.6. The number of nitrogens with zero attached hydrogens (tertiary/aromatic N) is 4. The highest BCUT2D eigenvalue weighted by molar-refractivity contribution is 7.93. The Balaban J connectivity index is 1.64. The summed E-state index contributed by atoms with van der Waals surface area (Å²) in [5.41, 5.74) is -1.42. The second kappa shape index (κ2) is 14.0. The summed E-state index contributed by atoms with van der Waals surface area (Å²) in [5, 5.41) is 21.2. The van der Waals surface area contributed by atoms with Crippen LogP contribution in [-0.2, 0) is 31.7 Å². The fourth-order valence-electron chi connectivity index (χ4n) is 7.55. The van der Waals surface area contributed by atoms with Crippen LogP contribution in [0, 0.1) is 5.82 Å². The summed E-state index contributed by atoms with van der Waals surface area (Å²) in [6.45, 7) is 1.48. The number of aliphatic hydroxyl groups is 2. The van der Waals surface area contributed by atoms with Crippen molar-refractivity contribution in [3.63, 3.8) is 0 Å². The molecule has 51 heavy (non-hydrogen) atoms. The highest BCUT2D eigenvalue weighted by atomic mass is 32.2. The van der Waals surface area contributed by atoms with Gasteiger partial charge in [0.05, 0.1) is 45.3 Å². The number of carbonyl (C=O) groups is 2. The van der Waals surface area contributed by atoms with Crippen LogP contribution in [0.4, 0.5) is 10.1 Å². The van der Waals surface area contributed by atoms with Gasteiger partial charge in [0.2, 0.25) is 5.91 Å². The SMILES string of the molecule is COc1ccc(S(=O)(=O)N2C(=O)C(c3cc(CN4CCC(O)CC4)ccc3OC)(N3C[C@H](O)C[C@H]3C(=O)N(C)C)c3cc(F)ccc32)c(OC)c1. The third-order valence-electron chi connectivity index (χ3n) is 10.0. The van der Waals surface area contributed by atoms with Crippen LogP contribution < -0.4 is 18.5 Å². The number of β-amino-alcohol motifs (C(OH)–C–C–N with tert-alkyl or cyclic N) is 1. The molecule has 0 bridgehead atoms. The molecular weight excluding hydrogens is 683 g/mol. The van der Waals surface area contributed by atoms with Crippen molar-refractivity contribution >= 4 is 27.5 Å². The molecule has 3 atom stereocenters. The van der Waals surface area contributed by atoms with Gasteiger partial charge in [-0.1, -0.05) is 6.07 Å². The molecule has 3 heterocycles. The van der Waals surface area contributed by atoms with Crippen molar-refractivity contribution in [3.8, 4) is 17.2 Å². The van der Waals surface area contributed by atoms with Gasteiger partial charge in [-0.25, -0.2) is 17.1 Å². The zero-order valence-electron chi connectivity index (χ0n) is 29.2. The Morgan fingerprint density at radius 3 is 2.27 bits per heavy atom. The summed E-state index contributed by atoms with van der Waals surface area (Å²) >= 11 is 0. The first-order valence-electron chi connectivity index (χ1n) is 16.6. The lowest BCUT2D eigenvalue weighted by atomic mass is 9.80. The normalized spacial score (nSPS) is 23.0. The van der Waals surface area contributed by atoms with Gasteiger partial charge in [-0.3, -0.25) is 19.4 Å². The van der Waals surface area contributed by atoms with Crippen LogP contribution in [0.2, 0.25) is 0 Å². The topological polar surface area (TPSA) is 149 Å². The Morgan fingerprint density at radius 2 is 1.63 bits per heavy atom. The summed E-state index contributed by atoms with van der Waals surface area (Å²) < 4.78 is 62.3. The Bertz CT molecular complexity index is 1940. The molecule has 2 saturated heterocycles. The van der Waals surface area contributed by atoms with Gasteiger partial charge in [0, 0.05) is 57.5 Å². The van der Waals surface area contributed by atoms with Crippen LogP contribution >= 0.6 is 0 Å². The molecule has 0 aromatic heterocycles. The molecule has 3 aliphatic heterocycles. The summed E-state index contributed by atoms with van der Waals surface area (Å²) in [7, 11) is 2.41. The molecule has 3 aromatic carbocycles. The molecule has 0 saturated carbocycles. The van der Waals surface area contributed by atoms with Crippen LogP contribution in [0.25, 0.3) is 0 Å². The van der Waals surface area contributed by atoms with E-state index >= 15 is 9.18 Å². The van der Waals surface area contributed by atoms with E-state index in [4.69, 9.17) is 14.2 Å². The van der Waals surface area contributed by atoms with Crippen LogP contribution in [0.1, 0.15) is 36.0 Å². The average Bonchev–Trinajstić information content (AvgIpc) is 3.62. The molecule has 0 radical (unpaired) electrons. The highest BCUT2D eigenvalue weighted by Crippen LogP contribution is 2.55. The van der Waals surface area contributed by atoms with Crippen molar-refractivity contribution < 1.29 is 46.8 Å². The van der Waals surface area contributed by atoms with Crippen molar-refractivity contribution in [1.82, 2.24) is 14.7 Å². The summed E-state index contributed by atoms with van der Waals surface area (Å²) in [6.07, 6.45) is -0.335. The summed E-state index contributed by atoms with van der Waals surface area (Å²) in [4.78, 5) is 34.1. The second-order valence-corrected chi connectivity index (χ2v) is 15.1. The van der Waals surface area contributed by atoms with Gasteiger partial charge in [-0.15, -0.1) is 0 Å². The standard InChI is InChI=1S/C36H43FN4O9S/c1-38(2)34(44)30-18-25(43)21-40(30)36(28-16-22(6-10-31(28)49-4)20-39-14-12-24(42)13-15-39)27-17-23(37)7-9-29(27)41(35(36)45)51(46,47)33-11-8-26(48-3)19-32(33)50-5/h6-11,16-17,19,24-25,30,42-43H,12-15,18,20-21H2,1-5H3/t25-,30+,36?/m1/s1. The molecular formula is C36H43FN4O9S. The lowest BCUT2D eigenvalue weighted by Gasteiger charge is -2.42. The smallest absolute Gasteiger partial charge is 0.274 e. The van der Waals surface area contributed by atoms with Crippen LogP contribution in [0.5, 0.6) is 17.2 Å². The number of sulfonamides is 1. The van der Waals surface area contributed by atoms with E-state index < -0.39 is 45.3 Å². The first kappa shape index (κ1) is 36.5. The second-order valence-electron chi connectivity index (χ2n) is 13.3. The number of carbonyl (C=O) groups excluding carboxylic acids is 2. The van der Waals surface area contributed by atoms with Crippen molar-refractivity contribution in [2.45, 2.75) is 54.5 Å². The van der Waals surface area contributed by atoms with Crippen molar-refractivity contribution in [1.29, 1.82) is 0 Å². The van der Waals surface area contributed by atoms with Gasteiger partial charge in [-0.05, 0) is 67.3 Å². The molecule has 6 rings (SSSR count). The van der Waals surface area contributed by atoms with E-state index in [0.717, 1.165) is 17.7 Å². The van der Waals surface area contributed by atoms with Crippen molar-refractivity contribution in [2.24, 2.45) is 0 Å². The van der Waals surface area contributed by atoms with Gasteiger partial charge in [0.25, 0.3) is 15.9 Å². The van der Waals surface area contributed by atoms with E-state index in [1.807, 2.05) is 6.07 Å². The number of likely N-dealkylation sites (N-methyl/N-ethyl adjacent to an activating group) is 1. The molecule has 2 amide bonds. The first-order valence-corrected chi connectivity index (χ1v) is 18.1. The third kappa shape index (κ3) is 6.20. The number of ether oxygens (including phenoxy) is 3. The van der Waals surface area contributed by atoms with Crippen LogP contribution in [0.3, 0.4) is 0 Å². The predicted molar refractivity (Wildman–Crippen MR) is 185 cm³/mol. The van der Waals surface area contributed by atoms with Gasteiger partial charge in [0.15, 0.2) is 5.54 Å². The van der Waals surface area contributed by atoms with Crippen molar-refractivity contribution in [2.75, 3.05) is 59.4 Å². The maximum Gasteiger partial charge on any atom is 0.274 e. The number of hydrogen-bond donors (Lipinski definition) is 2. The van der Waals surface area contributed by atoms with Crippen LogP contribution in [0.15, 0.2) is 59.5 Å². The molecule has 1 unspecified atom stereocenters. The molecule has 0 aliphatic carbocycles. The minimum Gasteiger partial charge on any atom is -0.497 e. The number of likely N-dealkylation sites (tertiary alicyclic amines) is 2. The Morgan fingerprint density at radius 1 is 0.922 bits per heavy atom. The minimum atomic E-state index is -4.79. The molecule has 13 nitrogen and oxygen atoms in total. The van der Waals surface area contributed by atoms with Gasteiger partial charge >= 0.3 is 0 Å². The zero-order valence-corrected chi connectivity index (χ0v) is 30.0. The van der Waals surface area contributed by atoms with Gasteiger partial charge in [-0.2, -0.15) is 0 Å². The Hall–Kier alpha value is -4.28. The molecule has 0 spiro atoms. The molecule has 3 aliphatic rings. The lowest BCUT2D eigenvalue weighted by molar-refractivity contribution is -0.138. The number of hydrogen-bond acceptors (Lipinski definition) is 11. The molecule has 15 heteroatoms. The zero-order chi connectivity index (χ0) is 36.8. The fourth-order valence-corrected chi connectivity index (χ4v) is 9.15. The molecule has 3 aromatic rings. The monoisotopic (exact) mass is 726 g/mol. The fraction of sp³-hybridized carbons (Fsp3) is 0.444. The predicted octanol–water partition coefficient (Wildman–Crippen LogP) is 2.31. The van der Waals surface area contributed by atoms with Crippen LogP contribution in [-0.4, -0.2) is 118 Å². The van der Waals surface area contributed by atoms with E-state index in [1.54, 1.807) is 26.2 Å². The van der Waals surface area contributed by atoms with E-state index in [0.29, 0.717) is 42.5 Å². The highest BCUT2D eigenvalue weighted by Gasteiger charge is 2.64. The number of halogens is 1. The number of amides is 2. The number of piperidine rings is 1. The van der Waals surface area contributed by atoms with E-state index in [-0.39, 0.29) is 52.3 Å². The largest absolute Gasteiger partial charge is 0.497 e. The third-order valence-corrected chi connectivity index (χ3v) is 11.7. The molecule has 2 fully saturated rings. The molecule has 2 N–H and O–H groups in total. The summed E-state index contributed by atoms with van der Waals surface area (Å²) in [5.74, 6) is -1.78. The number of benzene rings is 3. The Kier molecular flexibility index (Phi) is 10.0. The van der Waals surface area contributed by atoms with Crippen molar-refractivity contribution in [3.05, 3.63) is 77.1 Å². The first-order chi connectivity index (χ1) is 24.3.